The fraction of sp³-hybridized carbons (Fsp3) is 0.130. The van der Waals surface area contributed by atoms with Crippen LogP contribution in [0.3, 0.4) is 0 Å². The quantitative estimate of drug-likeness (QED) is 0.523. The molecule has 1 aliphatic heterocycles. The minimum absolute atomic E-state index is 0.155. The van der Waals surface area contributed by atoms with E-state index in [1.165, 1.54) is 33.7 Å². The zero-order valence-electron chi connectivity index (χ0n) is 16.4. The van der Waals surface area contributed by atoms with Gasteiger partial charge in [-0.15, -0.1) is 11.3 Å². The number of fused-ring (bicyclic) bond motifs is 1. The van der Waals surface area contributed by atoms with E-state index in [-0.39, 0.29) is 11.3 Å². The molecule has 7 nitrogen and oxygen atoms in total. The number of carbonyl (C=O) groups excluding carboxylic acids is 1. The number of nitrogens with one attached hydrogen (secondary N) is 1. The van der Waals surface area contributed by atoms with Gasteiger partial charge in [0.05, 0.1) is 18.8 Å². The number of nitrogens with zero attached hydrogens (tertiary/aromatic N) is 3. The van der Waals surface area contributed by atoms with Gasteiger partial charge in [0.1, 0.15) is 11.4 Å². The average molecular weight is 430 g/mol. The molecule has 8 heteroatoms. The van der Waals surface area contributed by atoms with Crippen LogP contribution in [0.15, 0.2) is 70.8 Å². The van der Waals surface area contributed by atoms with Crippen LogP contribution in [0.5, 0.6) is 5.75 Å². The maximum absolute atomic E-state index is 12.7. The van der Waals surface area contributed by atoms with Gasteiger partial charge in [-0.2, -0.15) is 5.10 Å². The molecule has 1 amide bonds. The highest BCUT2D eigenvalue weighted by Crippen LogP contribution is 2.32. The Bertz CT molecular complexity index is 1310. The first-order valence-electron chi connectivity index (χ1n) is 9.81. The highest BCUT2D eigenvalue weighted by Gasteiger charge is 2.16. The zero-order valence-corrected chi connectivity index (χ0v) is 17.3. The smallest absolute Gasteiger partial charge is 0.277 e. The highest BCUT2D eigenvalue weighted by atomic mass is 32.1. The first-order chi connectivity index (χ1) is 15.2. The van der Waals surface area contributed by atoms with Gasteiger partial charge in [-0.3, -0.25) is 14.9 Å². The topological polar surface area (TPSA) is 86.1 Å². The van der Waals surface area contributed by atoms with Crippen LogP contribution in [0.4, 0.5) is 5.13 Å². The largest absolute Gasteiger partial charge is 0.493 e. The van der Waals surface area contributed by atoms with Gasteiger partial charge in [0.15, 0.2) is 5.13 Å². The van der Waals surface area contributed by atoms with Crippen molar-refractivity contribution in [1.29, 1.82) is 0 Å². The minimum atomic E-state index is -0.412. The van der Waals surface area contributed by atoms with Crippen LogP contribution >= 0.6 is 11.3 Å². The molecule has 2 aromatic carbocycles. The third kappa shape index (κ3) is 4.10. The van der Waals surface area contributed by atoms with Gasteiger partial charge in [0.25, 0.3) is 11.5 Å². The molecular weight excluding hydrogens is 412 g/mol. The van der Waals surface area contributed by atoms with Gasteiger partial charge in [0.2, 0.25) is 0 Å². The Hall–Kier alpha value is -3.78. The van der Waals surface area contributed by atoms with Gasteiger partial charge in [-0.25, -0.2) is 9.67 Å². The number of thiazole rings is 1. The SMILES string of the molecule is O=C(Nc1nc(-c2ccc3c(c2)CCO3)cs1)c1ccc(=O)n(Cc2ccccc2)n1. The second kappa shape index (κ2) is 8.16. The Morgan fingerprint density at radius 3 is 2.87 bits per heavy atom. The summed E-state index contributed by atoms with van der Waals surface area (Å²) in [4.78, 5) is 29.4. The van der Waals surface area contributed by atoms with Crippen molar-refractivity contribution in [3.63, 3.8) is 0 Å². The fourth-order valence-corrected chi connectivity index (χ4v) is 4.13. The van der Waals surface area contributed by atoms with Crippen molar-refractivity contribution in [2.75, 3.05) is 11.9 Å². The number of hydrogen-bond acceptors (Lipinski definition) is 6. The number of aromatic nitrogens is 3. The van der Waals surface area contributed by atoms with Crippen LogP contribution in [0.25, 0.3) is 11.3 Å². The van der Waals surface area contributed by atoms with E-state index in [0.29, 0.717) is 18.3 Å². The summed E-state index contributed by atoms with van der Waals surface area (Å²) in [5.74, 6) is 0.509. The Balaban J connectivity index is 1.33. The van der Waals surface area contributed by atoms with Crippen molar-refractivity contribution in [3.8, 4) is 17.0 Å². The number of carbonyl (C=O) groups is 1. The van der Waals surface area contributed by atoms with Gasteiger partial charge in [-0.05, 0) is 35.4 Å². The maximum atomic E-state index is 12.7. The lowest BCUT2D eigenvalue weighted by molar-refractivity contribution is 0.102. The Kier molecular flexibility index (Phi) is 5.05. The monoisotopic (exact) mass is 430 g/mol. The molecular formula is C23H18N4O3S. The predicted octanol–water partition coefficient (Wildman–Crippen LogP) is 3.60. The Morgan fingerprint density at radius 2 is 2.00 bits per heavy atom. The first kappa shape index (κ1) is 19.2. The van der Waals surface area contributed by atoms with Gasteiger partial charge >= 0.3 is 0 Å². The van der Waals surface area contributed by atoms with Gasteiger partial charge in [-0.1, -0.05) is 30.3 Å². The summed E-state index contributed by atoms with van der Waals surface area (Å²) in [5, 5.41) is 9.37. The molecule has 2 aromatic heterocycles. The lowest BCUT2D eigenvalue weighted by Crippen LogP contribution is -2.26. The van der Waals surface area contributed by atoms with Crippen LogP contribution in [-0.2, 0) is 13.0 Å². The van der Waals surface area contributed by atoms with E-state index in [9.17, 15) is 9.59 Å². The normalized spacial score (nSPS) is 12.3. The van der Waals surface area contributed by atoms with E-state index in [2.05, 4.69) is 21.5 Å². The van der Waals surface area contributed by atoms with Crippen molar-refractivity contribution in [1.82, 2.24) is 14.8 Å². The number of anilines is 1. The molecule has 0 saturated heterocycles. The fourth-order valence-electron chi connectivity index (χ4n) is 3.41. The van der Waals surface area contributed by atoms with Crippen molar-refractivity contribution in [2.24, 2.45) is 0 Å². The molecule has 5 rings (SSSR count). The van der Waals surface area contributed by atoms with E-state index < -0.39 is 5.91 Å². The van der Waals surface area contributed by atoms with Crippen LogP contribution in [0, 0.1) is 0 Å². The summed E-state index contributed by atoms with van der Waals surface area (Å²) >= 11 is 1.34. The standard InChI is InChI=1S/C23H18N4O3S/c28-21-9-7-18(26-27(21)13-15-4-2-1-3-5-15)22(29)25-23-24-19(14-31-23)16-6-8-20-17(12-16)10-11-30-20/h1-9,12,14H,10-11,13H2,(H,24,25,29). The molecule has 0 saturated carbocycles. The summed E-state index contributed by atoms with van der Waals surface area (Å²) in [6.07, 6.45) is 0.890. The average Bonchev–Trinajstić information content (AvgIpc) is 3.45. The van der Waals surface area contributed by atoms with Gasteiger partial charge in [0, 0.05) is 23.4 Å². The van der Waals surface area contributed by atoms with Crippen LogP contribution in [-0.4, -0.2) is 27.3 Å². The summed E-state index contributed by atoms with van der Waals surface area (Å²) in [5.41, 5.74) is 3.76. The molecule has 4 aromatic rings. The van der Waals surface area contributed by atoms with Crippen molar-refractivity contribution in [3.05, 3.63) is 93.2 Å². The van der Waals surface area contributed by atoms with E-state index in [0.717, 1.165) is 29.0 Å². The first-order valence-corrected chi connectivity index (χ1v) is 10.7. The molecule has 0 bridgehead atoms. The Morgan fingerprint density at radius 1 is 1.13 bits per heavy atom. The number of rotatable bonds is 5. The summed E-state index contributed by atoms with van der Waals surface area (Å²) in [6.45, 7) is 1.00. The number of benzene rings is 2. The molecule has 154 valence electrons. The van der Waals surface area contributed by atoms with Crippen LogP contribution in [0.1, 0.15) is 21.6 Å². The number of ether oxygens (including phenoxy) is 1. The second-order valence-electron chi connectivity index (χ2n) is 7.11. The molecule has 0 atom stereocenters. The van der Waals surface area contributed by atoms with Crippen molar-refractivity contribution >= 4 is 22.4 Å². The molecule has 31 heavy (non-hydrogen) atoms. The zero-order chi connectivity index (χ0) is 21.2. The molecule has 0 spiro atoms. The summed E-state index contributed by atoms with van der Waals surface area (Å²) < 4.78 is 6.83. The number of hydrogen-bond donors (Lipinski definition) is 1. The number of amides is 1. The van der Waals surface area contributed by atoms with Gasteiger partial charge < -0.3 is 4.74 Å². The summed E-state index contributed by atoms with van der Waals surface area (Å²) in [6, 6.07) is 18.3. The predicted molar refractivity (Wildman–Crippen MR) is 119 cm³/mol. The van der Waals surface area contributed by atoms with Crippen molar-refractivity contribution in [2.45, 2.75) is 13.0 Å². The molecule has 1 aliphatic rings. The van der Waals surface area contributed by atoms with E-state index in [1.54, 1.807) is 0 Å². The lowest BCUT2D eigenvalue weighted by Gasteiger charge is -2.07. The molecule has 0 unspecified atom stereocenters. The molecule has 0 radical (unpaired) electrons. The summed E-state index contributed by atoms with van der Waals surface area (Å²) in [7, 11) is 0. The molecule has 0 aliphatic carbocycles. The van der Waals surface area contributed by atoms with E-state index in [1.807, 2.05) is 47.8 Å². The second-order valence-corrected chi connectivity index (χ2v) is 7.97. The third-order valence-corrected chi connectivity index (χ3v) is 5.74. The maximum Gasteiger partial charge on any atom is 0.277 e. The lowest BCUT2D eigenvalue weighted by atomic mass is 10.1. The van der Waals surface area contributed by atoms with Crippen LogP contribution < -0.4 is 15.6 Å². The third-order valence-electron chi connectivity index (χ3n) is 4.98. The molecule has 0 fully saturated rings. The Labute approximate surface area is 182 Å². The molecule has 1 N–H and O–H groups in total. The molecule has 3 heterocycles. The van der Waals surface area contributed by atoms with E-state index in [4.69, 9.17) is 4.74 Å². The highest BCUT2D eigenvalue weighted by molar-refractivity contribution is 7.14. The van der Waals surface area contributed by atoms with Crippen molar-refractivity contribution < 1.29 is 9.53 Å². The van der Waals surface area contributed by atoms with E-state index >= 15 is 0 Å². The minimum Gasteiger partial charge on any atom is -0.493 e. The van der Waals surface area contributed by atoms with Crippen LogP contribution in [0.2, 0.25) is 0 Å².